The molecule has 20 heavy (non-hydrogen) atoms. The first-order valence-corrected chi connectivity index (χ1v) is 7.14. The summed E-state index contributed by atoms with van der Waals surface area (Å²) in [6.07, 6.45) is 1.84. The zero-order valence-corrected chi connectivity index (χ0v) is 11.5. The fourth-order valence-electron chi connectivity index (χ4n) is 2.73. The Hall–Kier alpha value is -1.17. The molecule has 4 nitrogen and oxygen atoms in total. The minimum atomic E-state index is -0.311. The van der Waals surface area contributed by atoms with Gasteiger partial charge in [0.1, 0.15) is 18.2 Å². The smallest absolute Gasteiger partial charge is 0.170 e. The van der Waals surface area contributed by atoms with Crippen molar-refractivity contribution in [2.75, 3.05) is 39.5 Å². The third-order valence-electron chi connectivity index (χ3n) is 3.92. The Kier molecular flexibility index (Phi) is 4.19. The van der Waals surface area contributed by atoms with Crippen molar-refractivity contribution in [3.63, 3.8) is 0 Å². The molecule has 1 aromatic rings. The van der Waals surface area contributed by atoms with Crippen LogP contribution in [0.1, 0.15) is 12.8 Å². The molecule has 2 saturated heterocycles. The van der Waals surface area contributed by atoms with Crippen LogP contribution in [0.2, 0.25) is 0 Å². The fourth-order valence-corrected chi connectivity index (χ4v) is 2.73. The predicted molar refractivity (Wildman–Crippen MR) is 72.2 cm³/mol. The van der Waals surface area contributed by atoms with E-state index in [2.05, 4.69) is 4.90 Å². The van der Waals surface area contributed by atoms with Crippen LogP contribution in [-0.4, -0.2) is 50.1 Å². The number of likely N-dealkylation sites (tertiary alicyclic amines) is 1. The summed E-state index contributed by atoms with van der Waals surface area (Å²) in [6.45, 7) is 4.84. The van der Waals surface area contributed by atoms with Crippen molar-refractivity contribution in [3.05, 3.63) is 30.1 Å². The number of ether oxygens (including phenoxy) is 3. The van der Waals surface area contributed by atoms with Gasteiger partial charge in [-0.3, -0.25) is 4.90 Å². The summed E-state index contributed by atoms with van der Waals surface area (Å²) in [7, 11) is 0. The number of hydrogen-bond acceptors (Lipinski definition) is 4. The minimum Gasteiger partial charge on any atom is -0.492 e. The summed E-state index contributed by atoms with van der Waals surface area (Å²) >= 11 is 0. The van der Waals surface area contributed by atoms with Crippen LogP contribution in [0, 0.1) is 5.82 Å². The number of nitrogens with zero attached hydrogens (tertiary/aromatic N) is 1. The Bertz CT molecular complexity index is 421. The van der Waals surface area contributed by atoms with E-state index in [1.54, 1.807) is 12.1 Å². The topological polar surface area (TPSA) is 30.9 Å². The van der Waals surface area contributed by atoms with E-state index < -0.39 is 0 Å². The second kappa shape index (κ2) is 6.08. The monoisotopic (exact) mass is 281 g/mol. The standard InChI is InChI=1S/C15H20FNO3/c16-13-1-3-14(4-2-13)18-10-9-17-7-5-15(6-8-17)19-11-12-20-15/h1-4H,5-12H2. The highest BCUT2D eigenvalue weighted by Crippen LogP contribution is 2.31. The van der Waals surface area contributed by atoms with E-state index in [0.29, 0.717) is 25.6 Å². The summed E-state index contributed by atoms with van der Waals surface area (Å²) in [5.74, 6) is 0.159. The van der Waals surface area contributed by atoms with Gasteiger partial charge in [0.2, 0.25) is 0 Å². The van der Waals surface area contributed by atoms with Crippen molar-refractivity contribution in [1.82, 2.24) is 4.90 Å². The Morgan fingerprint density at radius 2 is 1.75 bits per heavy atom. The largest absolute Gasteiger partial charge is 0.492 e. The zero-order valence-electron chi connectivity index (χ0n) is 11.5. The lowest BCUT2D eigenvalue weighted by atomic mass is 10.0. The lowest BCUT2D eigenvalue weighted by molar-refractivity contribution is -0.185. The van der Waals surface area contributed by atoms with Crippen molar-refractivity contribution in [2.45, 2.75) is 18.6 Å². The van der Waals surface area contributed by atoms with Gasteiger partial charge in [0.05, 0.1) is 13.2 Å². The molecule has 5 heteroatoms. The number of halogens is 1. The Balaban J connectivity index is 1.38. The molecule has 0 atom stereocenters. The Labute approximate surface area is 118 Å². The summed E-state index contributed by atoms with van der Waals surface area (Å²) in [6, 6.07) is 6.13. The van der Waals surface area contributed by atoms with E-state index >= 15 is 0 Å². The fraction of sp³-hybridized carbons (Fsp3) is 0.600. The van der Waals surface area contributed by atoms with E-state index in [-0.39, 0.29) is 11.6 Å². The van der Waals surface area contributed by atoms with E-state index in [1.165, 1.54) is 12.1 Å². The SMILES string of the molecule is Fc1ccc(OCCN2CCC3(CC2)OCCO3)cc1. The average Bonchev–Trinajstić information content (AvgIpc) is 2.92. The molecule has 0 saturated carbocycles. The maximum absolute atomic E-state index is 12.8. The van der Waals surface area contributed by atoms with Gasteiger partial charge in [-0.1, -0.05) is 0 Å². The molecular weight excluding hydrogens is 261 g/mol. The molecule has 2 fully saturated rings. The summed E-state index contributed by atoms with van der Waals surface area (Å²) in [4.78, 5) is 2.35. The van der Waals surface area contributed by atoms with E-state index in [9.17, 15) is 4.39 Å². The maximum Gasteiger partial charge on any atom is 0.170 e. The second-order valence-electron chi connectivity index (χ2n) is 5.25. The van der Waals surface area contributed by atoms with Crippen LogP contribution in [0.5, 0.6) is 5.75 Å². The highest BCUT2D eigenvalue weighted by molar-refractivity contribution is 5.21. The van der Waals surface area contributed by atoms with Crippen LogP contribution >= 0.6 is 0 Å². The highest BCUT2D eigenvalue weighted by Gasteiger charge is 2.39. The third-order valence-corrected chi connectivity index (χ3v) is 3.92. The van der Waals surface area contributed by atoms with Gasteiger partial charge in [-0.15, -0.1) is 0 Å². The summed E-state index contributed by atoms with van der Waals surface area (Å²) in [5, 5.41) is 0. The first-order chi connectivity index (χ1) is 9.76. The van der Waals surface area contributed by atoms with Crippen LogP contribution in [0.4, 0.5) is 4.39 Å². The van der Waals surface area contributed by atoms with Gasteiger partial charge in [0.15, 0.2) is 5.79 Å². The van der Waals surface area contributed by atoms with Gasteiger partial charge < -0.3 is 14.2 Å². The van der Waals surface area contributed by atoms with Crippen LogP contribution in [0.15, 0.2) is 24.3 Å². The van der Waals surface area contributed by atoms with Crippen LogP contribution in [-0.2, 0) is 9.47 Å². The number of hydrogen-bond donors (Lipinski definition) is 0. The highest BCUT2D eigenvalue weighted by atomic mass is 19.1. The maximum atomic E-state index is 12.8. The molecule has 110 valence electrons. The van der Waals surface area contributed by atoms with Crippen LogP contribution in [0.25, 0.3) is 0 Å². The van der Waals surface area contributed by atoms with Gasteiger partial charge >= 0.3 is 0 Å². The quantitative estimate of drug-likeness (QED) is 0.845. The van der Waals surface area contributed by atoms with Gasteiger partial charge in [-0.2, -0.15) is 0 Å². The van der Waals surface area contributed by atoms with Crippen molar-refractivity contribution in [3.8, 4) is 5.75 Å². The number of rotatable bonds is 4. The minimum absolute atomic E-state index is 0.241. The van der Waals surface area contributed by atoms with Crippen molar-refractivity contribution >= 4 is 0 Å². The normalized spacial score (nSPS) is 22.2. The molecule has 3 rings (SSSR count). The predicted octanol–water partition coefficient (Wildman–Crippen LogP) is 2.04. The number of benzene rings is 1. The van der Waals surface area contributed by atoms with Crippen molar-refractivity contribution in [2.24, 2.45) is 0 Å². The lowest BCUT2D eigenvalue weighted by Gasteiger charge is -2.37. The molecule has 0 N–H and O–H groups in total. The van der Waals surface area contributed by atoms with E-state index in [0.717, 1.165) is 32.5 Å². The van der Waals surface area contributed by atoms with E-state index in [4.69, 9.17) is 14.2 Å². The molecule has 0 amide bonds. The first kappa shape index (κ1) is 13.8. The molecule has 0 aromatic heterocycles. The zero-order chi connectivity index (χ0) is 13.8. The third kappa shape index (κ3) is 3.29. The molecule has 0 bridgehead atoms. The molecule has 0 aliphatic carbocycles. The molecule has 2 aliphatic rings. The van der Waals surface area contributed by atoms with Crippen LogP contribution in [0.3, 0.4) is 0 Å². The van der Waals surface area contributed by atoms with Gasteiger partial charge in [-0.05, 0) is 24.3 Å². The van der Waals surface area contributed by atoms with Gasteiger partial charge in [0.25, 0.3) is 0 Å². The Morgan fingerprint density at radius 1 is 1.10 bits per heavy atom. The summed E-state index contributed by atoms with van der Waals surface area (Å²) in [5.41, 5.74) is 0. The summed E-state index contributed by atoms with van der Waals surface area (Å²) < 4.78 is 29.8. The molecular formula is C15H20FNO3. The van der Waals surface area contributed by atoms with Crippen molar-refractivity contribution < 1.29 is 18.6 Å². The second-order valence-corrected chi connectivity index (χ2v) is 5.25. The molecule has 2 heterocycles. The molecule has 0 radical (unpaired) electrons. The lowest BCUT2D eigenvalue weighted by Crippen LogP contribution is -2.46. The van der Waals surface area contributed by atoms with Gasteiger partial charge in [0, 0.05) is 32.5 Å². The van der Waals surface area contributed by atoms with Crippen molar-refractivity contribution in [1.29, 1.82) is 0 Å². The van der Waals surface area contributed by atoms with Gasteiger partial charge in [-0.25, -0.2) is 4.39 Å². The molecule has 1 aromatic carbocycles. The number of piperidine rings is 1. The molecule has 1 spiro atoms. The molecule has 2 aliphatic heterocycles. The van der Waals surface area contributed by atoms with E-state index in [1.807, 2.05) is 0 Å². The van der Waals surface area contributed by atoms with Crippen LogP contribution < -0.4 is 4.74 Å². The average molecular weight is 281 g/mol. The first-order valence-electron chi connectivity index (χ1n) is 7.14. The molecule has 0 unspecified atom stereocenters. The Morgan fingerprint density at radius 3 is 2.40 bits per heavy atom.